The van der Waals surface area contributed by atoms with Crippen molar-refractivity contribution >= 4 is 5.91 Å². The lowest BCUT2D eigenvalue weighted by atomic mass is 10.1. The van der Waals surface area contributed by atoms with E-state index in [1.807, 2.05) is 48.7 Å². The largest absolute Gasteiger partial charge is 0.347 e. The molecule has 0 N–H and O–H groups in total. The summed E-state index contributed by atoms with van der Waals surface area (Å²) in [6.07, 6.45) is 5.47. The molecule has 90 valence electrons. The lowest BCUT2D eigenvalue weighted by molar-refractivity contribution is 0.0714. The third kappa shape index (κ3) is 2.87. The topological polar surface area (TPSA) is 25.2 Å². The molecule has 0 unspecified atom stereocenters. The summed E-state index contributed by atoms with van der Waals surface area (Å²) in [7, 11) is 1.91. The number of amides is 1. The van der Waals surface area contributed by atoms with E-state index in [1.54, 1.807) is 0 Å². The van der Waals surface area contributed by atoms with Crippen LogP contribution in [0.1, 0.15) is 43.6 Å². The highest BCUT2D eigenvalue weighted by molar-refractivity contribution is 5.92. The summed E-state index contributed by atoms with van der Waals surface area (Å²) in [4.78, 5) is 13.9. The lowest BCUT2D eigenvalue weighted by Gasteiger charge is -2.26. The fraction of sp³-hybridized carbons (Fsp3) is 0.615. The number of piperidine rings is 1. The Kier molecular flexibility index (Phi) is 5.09. The van der Waals surface area contributed by atoms with Gasteiger partial charge in [0.15, 0.2) is 0 Å². The van der Waals surface area contributed by atoms with E-state index < -0.39 is 0 Å². The van der Waals surface area contributed by atoms with E-state index in [0.717, 1.165) is 31.6 Å². The van der Waals surface area contributed by atoms with Crippen LogP contribution in [-0.2, 0) is 7.05 Å². The second-order valence-electron chi connectivity index (χ2n) is 3.86. The fourth-order valence-corrected chi connectivity index (χ4v) is 1.94. The minimum Gasteiger partial charge on any atom is -0.347 e. The maximum atomic E-state index is 12.0. The second kappa shape index (κ2) is 6.36. The standard InChI is InChI=1S/C11H16N2O.C2H6/c1-12-7-5-6-10(12)11(14)13-8-3-2-4-9-13;1-2/h5-7H,2-4,8-9H2,1H3;1-2H3. The molecule has 0 aliphatic carbocycles. The van der Waals surface area contributed by atoms with Crippen molar-refractivity contribution in [2.45, 2.75) is 33.1 Å². The van der Waals surface area contributed by atoms with Crippen LogP contribution in [0.2, 0.25) is 0 Å². The van der Waals surface area contributed by atoms with Crippen molar-refractivity contribution in [2.24, 2.45) is 7.05 Å². The zero-order chi connectivity index (χ0) is 12.0. The molecule has 0 aromatic carbocycles. The summed E-state index contributed by atoms with van der Waals surface area (Å²) in [6, 6.07) is 3.80. The van der Waals surface area contributed by atoms with Gasteiger partial charge >= 0.3 is 0 Å². The molecule has 2 heterocycles. The third-order valence-electron chi connectivity index (χ3n) is 2.81. The predicted octanol–water partition coefficient (Wildman–Crippen LogP) is 2.68. The van der Waals surface area contributed by atoms with Gasteiger partial charge in [-0.3, -0.25) is 4.79 Å². The molecule has 3 nitrogen and oxygen atoms in total. The second-order valence-corrected chi connectivity index (χ2v) is 3.86. The molecule has 1 aromatic rings. The van der Waals surface area contributed by atoms with Crippen molar-refractivity contribution in [3.05, 3.63) is 24.0 Å². The Bertz CT molecular complexity index is 324. The smallest absolute Gasteiger partial charge is 0.270 e. The molecule has 1 saturated heterocycles. The first kappa shape index (κ1) is 12.8. The number of rotatable bonds is 1. The number of aromatic nitrogens is 1. The summed E-state index contributed by atoms with van der Waals surface area (Å²) in [5.41, 5.74) is 0.798. The number of carbonyl (C=O) groups excluding carboxylic acids is 1. The number of nitrogens with zero attached hydrogens (tertiary/aromatic N) is 2. The molecule has 1 aliphatic rings. The van der Waals surface area contributed by atoms with Crippen molar-refractivity contribution < 1.29 is 4.79 Å². The Morgan fingerprint density at radius 2 is 1.81 bits per heavy atom. The molecular weight excluding hydrogens is 200 g/mol. The number of likely N-dealkylation sites (tertiary alicyclic amines) is 1. The van der Waals surface area contributed by atoms with Crippen molar-refractivity contribution in [3.63, 3.8) is 0 Å². The first-order valence-corrected chi connectivity index (χ1v) is 6.19. The Morgan fingerprint density at radius 1 is 1.19 bits per heavy atom. The number of aryl methyl sites for hydroxylation is 1. The van der Waals surface area contributed by atoms with Crippen LogP contribution in [0, 0.1) is 0 Å². The minimum atomic E-state index is 0.178. The molecule has 0 atom stereocenters. The van der Waals surface area contributed by atoms with Crippen molar-refractivity contribution in [3.8, 4) is 0 Å². The zero-order valence-electron chi connectivity index (χ0n) is 10.6. The molecule has 1 fully saturated rings. The van der Waals surface area contributed by atoms with Gasteiger partial charge in [0, 0.05) is 26.3 Å². The van der Waals surface area contributed by atoms with Gasteiger partial charge in [-0.1, -0.05) is 13.8 Å². The van der Waals surface area contributed by atoms with Crippen LogP contribution < -0.4 is 0 Å². The molecule has 0 spiro atoms. The summed E-state index contributed by atoms with van der Waals surface area (Å²) >= 11 is 0. The fourth-order valence-electron chi connectivity index (χ4n) is 1.94. The van der Waals surface area contributed by atoms with Gasteiger partial charge < -0.3 is 9.47 Å². The highest BCUT2D eigenvalue weighted by Crippen LogP contribution is 2.12. The van der Waals surface area contributed by atoms with Gasteiger partial charge in [0.1, 0.15) is 5.69 Å². The highest BCUT2D eigenvalue weighted by Gasteiger charge is 2.19. The molecule has 3 heteroatoms. The first-order chi connectivity index (χ1) is 7.79. The van der Waals surface area contributed by atoms with Crippen molar-refractivity contribution in [1.82, 2.24) is 9.47 Å². The normalized spacial score (nSPS) is 15.3. The molecule has 16 heavy (non-hydrogen) atoms. The summed E-state index contributed by atoms with van der Waals surface area (Å²) in [5.74, 6) is 0.178. The highest BCUT2D eigenvalue weighted by atomic mass is 16.2. The monoisotopic (exact) mass is 222 g/mol. The maximum Gasteiger partial charge on any atom is 0.270 e. The van der Waals surface area contributed by atoms with E-state index in [9.17, 15) is 4.79 Å². The van der Waals surface area contributed by atoms with E-state index >= 15 is 0 Å². The van der Waals surface area contributed by atoms with Crippen LogP contribution in [0.4, 0.5) is 0 Å². The third-order valence-corrected chi connectivity index (χ3v) is 2.81. The van der Waals surface area contributed by atoms with Crippen LogP contribution in [0.3, 0.4) is 0 Å². The van der Waals surface area contributed by atoms with Gasteiger partial charge in [-0.25, -0.2) is 0 Å². The van der Waals surface area contributed by atoms with E-state index in [2.05, 4.69) is 0 Å². The maximum absolute atomic E-state index is 12.0. The molecular formula is C13H22N2O. The van der Waals surface area contributed by atoms with Gasteiger partial charge in [-0.15, -0.1) is 0 Å². The zero-order valence-corrected chi connectivity index (χ0v) is 10.6. The Balaban J connectivity index is 0.000000606. The van der Waals surface area contributed by atoms with Crippen LogP contribution in [-0.4, -0.2) is 28.5 Å². The molecule has 0 radical (unpaired) electrons. The van der Waals surface area contributed by atoms with Gasteiger partial charge in [-0.05, 0) is 31.4 Å². The molecule has 1 amide bonds. The number of carbonyl (C=O) groups is 1. The quantitative estimate of drug-likeness (QED) is 0.717. The van der Waals surface area contributed by atoms with Gasteiger partial charge in [-0.2, -0.15) is 0 Å². The van der Waals surface area contributed by atoms with Crippen LogP contribution in [0.15, 0.2) is 18.3 Å². The minimum absolute atomic E-state index is 0.178. The molecule has 0 bridgehead atoms. The van der Waals surface area contributed by atoms with Gasteiger partial charge in [0.05, 0.1) is 0 Å². The van der Waals surface area contributed by atoms with Crippen LogP contribution in [0.5, 0.6) is 0 Å². The van der Waals surface area contributed by atoms with Gasteiger partial charge in [0.25, 0.3) is 5.91 Å². The van der Waals surface area contributed by atoms with Crippen LogP contribution in [0.25, 0.3) is 0 Å². The first-order valence-electron chi connectivity index (χ1n) is 6.19. The summed E-state index contributed by atoms with van der Waals surface area (Å²) < 4.78 is 1.89. The van der Waals surface area contributed by atoms with E-state index in [0.29, 0.717) is 0 Å². The summed E-state index contributed by atoms with van der Waals surface area (Å²) in [5, 5.41) is 0. The average Bonchev–Trinajstić information content (AvgIpc) is 2.78. The molecule has 1 aliphatic heterocycles. The Labute approximate surface area is 98.1 Å². The lowest BCUT2D eigenvalue weighted by Crippen LogP contribution is -2.36. The Morgan fingerprint density at radius 3 is 2.31 bits per heavy atom. The average molecular weight is 222 g/mol. The molecule has 1 aromatic heterocycles. The van der Waals surface area contributed by atoms with E-state index in [-0.39, 0.29) is 5.91 Å². The number of hydrogen-bond acceptors (Lipinski definition) is 1. The summed E-state index contributed by atoms with van der Waals surface area (Å²) in [6.45, 7) is 5.84. The van der Waals surface area contributed by atoms with E-state index in [4.69, 9.17) is 0 Å². The SMILES string of the molecule is CC.Cn1cccc1C(=O)N1CCCCC1. The van der Waals surface area contributed by atoms with Crippen molar-refractivity contribution in [2.75, 3.05) is 13.1 Å². The number of hydrogen-bond donors (Lipinski definition) is 0. The molecule has 2 rings (SSSR count). The van der Waals surface area contributed by atoms with Crippen LogP contribution >= 0.6 is 0 Å². The molecule has 0 saturated carbocycles. The van der Waals surface area contributed by atoms with Crippen molar-refractivity contribution in [1.29, 1.82) is 0 Å². The predicted molar refractivity (Wildman–Crippen MR) is 66.5 cm³/mol. The van der Waals surface area contributed by atoms with Gasteiger partial charge in [0.2, 0.25) is 0 Å². The van der Waals surface area contributed by atoms with E-state index in [1.165, 1.54) is 6.42 Å². The Hall–Kier alpha value is -1.25.